The Morgan fingerprint density at radius 3 is 1.25 bits per heavy atom. The van der Waals surface area contributed by atoms with Gasteiger partial charge in [-0.3, -0.25) is 9.59 Å². The summed E-state index contributed by atoms with van der Waals surface area (Å²) >= 11 is 0. The van der Waals surface area contributed by atoms with Crippen LogP contribution in [0.4, 0.5) is 0 Å². The molecule has 0 spiro atoms. The van der Waals surface area contributed by atoms with Crippen LogP contribution in [0.2, 0.25) is 0 Å². The molecule has 0 saturated carbocycles. The summed E-state index contributed by atoms with van der Waals surface area (Å²) < 4.78 is 5.46. The summed E-state index contributed by atoms with van der Waals surface area (Å²) in [6.07, 6.45) is 65.5. The number of aliphatic hydroxyl groups is 2. The third-order valence-electron chi connectivity index (χ3n) is 12.3. The van der Waals surface area contributed by atoms with Crippen molar-refractivity contribution in [3.63, 3.8) is 0 Å². The Morgan fingerprint density at radius 1 is 0.444 bits per heavy atom. The molecule has 0 bridgehead atoms. The van der Waals surface area contributed by atoms with Gasteiger partial charge in [0, 0.05) is 12.8 Å². The summed E-state index contributed by atoms with van der Waals surface area (Å²) in [5.74, 6) is -0.0914. The highest BCUT2D eigenvalue weighted by Gasteiger charge is 2.18. The zero-order valence-electron chi connectivity index (χ0n) is 41.8. The first-order valence-corrected chi connectivity index (χ1v) is 27.4. The largest absolute Gasteiger partial charge is 0.466 e. The minimum Gasteiger partial charge on any atom is -0.466 e. The van der Waals surface area contributed by atoms with E-state index in [4.69, 9.17) is 4.74 Å². The highest BCUT2D eigenvalue weighted by Crippen LogP contribution is 2.15. The molecule has 0 radical (unpaired) electrons. The van der Waals surface area contributed by atoms with Crippen molar-refractivity contribution >= 4 is 11.9 Å². The van der Waals surface area contributed by atoms with Gasteiger partial charge in [-0.2, -0.15) is 0 Å². The van der Waals surface area contributed by atoms with Gasteiger partial charge < -0.3 is 20.3 Å². The lowest BCUT2D eigenvalue weighted by atomic mass is 10.0. The topological polar surface area (TPSA) is 95.9 Å². The number of carbonyl (C=O) groups is 2. The van der Waals surface area contributed by atoms with Crippen LogP contribution in [-0.4, -0.2) is 47.4 Å². The quantitative estimate of drug-likeness (QED) is 0.0321. The van der Waals surface area contributed by atoms with Crippen LogP contribution in [0.15, 0.2) is 48.6 Å². The molecule has 3 N–H and O–H groups in total. The number of amides is 1. The standard InChI is InChI=1S/C57H105NO5/c1-3-5-7-9-11-13-15-17-23-27-31-35-39-43-47-51-57(62)63-52-48-44-40-36-32-28-25-22-20-18-19-21-24-26-30-34-38-42-46-50-56(61)58-54(53-59)55(60)49-45-41-37-33-29-16-14-12-10-8-6-4-2/h11,13,17-19,23,45,49,54-55,59-60H,3-10,12,14-16,20-22,24-44,46-48,50-53H2,1-2H3,(H,58,61)/b13-11-,19-18-,23-17-,49-45+. The monoisotopic (exact) mass is 884 g/mol. The van der Waals surface area contributed by atoms with E-state index in [9.17, 15) is 19.8 Å². The average Bonchev–Trinajstić information content (AvgIpc) is 3.28. The molecule has 368 valence electrons. The highest BCUT2D eigenvalue weighted by molar-refractivity contribution is 5.76. The number of rotatable bonds is 50. The summed E-state index contributed by atoms with van der Waals surface area (Å²) in [7, 11) is 0. The SMILES string of the molecule is CCCCC/C=C\C/C=C\CCCCCCCC(=O)OCCCCCCCCCC/C=C\CCCCCCCCCC(=O)NC(CO)C(O)/C=C/CCCCCCCCCCCC. The third kappa shape index (κ3) is 49.1. The van der Waals surface area contributed by atoms with E-state index >= 15 is 0 Å². The van der Waals surface area contributed by atoms with E-state index in [0.29, 0.717) is 19.4 Å². The van der Waals surface area contributed by atoms with Crippen LogP contribution in [0.3, 0.4) is 0 Å². The van der Waals surface area contributed by atoms with Crippen molar-refractivity contribution in [2.45, 2.75) is 289 Å². The van der Waals surface area contributed by atoms with Gasteiger partial charge >= 0.3 is 5.97 Å². The Labute approximate surface area is 391 Å². The summed E-state index contributed by atoms with van der Waals surface area (Å²) in [6.45, 7) is 4.84. The van der Waals surface area contributed by atoms with Crippen molar-refractivity contribution < 1.29 is 24.5 Å². The first-order chi connectivity index (χ1) is 31.0. The molecule has 6 nitrogen and oxygen atoms in total. The summed E-state index contributed by atoms with van der Waals surface area (Å²) in [6, 6.07) is -0.635. The van der Waals surface area contributed by atoms with Crippen molar-refractivity contribution in [1.82, 2.24) is 5.32 Å². The van der Waals surface area contributed by atoms with Gasteiger partial charge in [-0.25, -0.2) is 0 Å². The van der Waals surface area contributed by atoms with Crippen LogP contribution in [0.5, 0.6) is 0 Å². The Kier molecular flexibility index (Phi) is 50.6. The number of esters is 1. The van der Waals surface area contributed by atoms with Gasteiger partial charge in [0.2, 0.25) is 5.91 Å². The van der Waals surface area contributed by atoms with E-state index in [-0.39, 0.29) is 18.5 Å². The molecule has 0 aliphatic rings. The van der Waals surface area contributed by atoms with Crippen LogP contribution in [0.25, 0.3) is 0 Å². The molecule has 63 heavy (non-hydrogen) atoms. The van der Waals surface area contributed by atoms with Crippen LogP contribution in [0, 0.1) is 0 Å². The number of hydrogen-bond acceptors (Lipinski definition) is 5. The van der Waals surface area contributed by atoms with Crippen LogP contribution in [-0.2, 0) is 14.3 Å². The highest BCUT2D eigenvalue weighted by atomic mass is 16.5. The zero-order valence-corrected chi connectivity index (χ0v) is 41.8. The molecule has 2 atom stereocenters. The van der Waals surface area contributed by atoms with Crippen molar-refractivity contribution in [2.75, 3.05) is 13.2 Å². The number of unbranched alkanes of at least 4 members (excludes halogenated alkanes) is 33. The maximum Gasteiger partial charge on any atom is 0.305 e. The van der Waals surface area contributed by atoms with Crippen LogP contribution >= 0.6 is 0 Å². The Bertz CT molecular complexity index is 1070. The van der Waals surface area contributed by atoms with E-state index < -0.39 is 12.1 Å². The molecule has 0 aromatic carbocycles. The molecule has 0 aromatic rings. The second-order valence-electron chi connectivity index (χ2n) is 18.5. The van der Waals surface area contributed by atoms with Gasteiger partial charge in [0.05, 0.1) is 25.4 Å². The molecule has 6 heteroatoms. The number of hydrogen-bond donors (Lipinski definition) is 3. The van der Waals surface area contributed by atoms with Gasteiger partial charge in [-0.15, -0.1) is 0 Å². The first kappa shape index (κ1) is 60.8. The number of aliphatic hydroxyl groups excluding tert-OH is 2. The second-order valence-corrected chi connectivity index (χ2v) is 18.5. The summed E-state index contributed by atoms with van der Waals surface area (Å²) in [4.78, 5) is 24.4. The van der Waals surface area contributed by atoms with Crippen molar-refractivity contribution in [1.29, 1.82) is 0 Å². The number of ether oxygens (including phenoxy) is 1. The molecular weight excluding hydrogens is 779 g/mol. The number of allylic oxidation sites excluding steroid dienone is 7. The van der Waals surface area contributed by atoms with Crippen molar-refractivity contribution in [2.24, 2.45) is 0 Å². The fourth-order valence-corrected chi connectivity index (χ4v) is 8.07. The maximum atomic E-state index is 12.4. The molecule has 0 rings (SSSR count). The van der Waals surface area contributed by atoms with E-state index in [1.54, 1.807) is 6.08 Å². The fourth-order valence-electron chi connectivity index (χ4n) is 8.07. The minimum absolute atomic E-state index is 0.0117. The Hall–Kier alpha value is -2.18. The lowest BCUT2D eigenvalue weighted by Gasteiger charge is -2.20. The molecule has 0 heterocycles. The summed E-state index contributed by atoms with van der Waals surface area (Å²) in [5.41, 5.74) is 0. The molecule has 0 aliphatic carbocycles. The normalized spacial score (nSPS) is 13.0. The number of carbonyl (C=O) groups excluding carboxylic acids is 2. The van der Waals surface area contributed by atoms with Gasteiger partial charge in [0.25, 0.3) is 0 Å². The third-order valence-corrected chi connectivity index (χ3v) is 12.3. The van der Waals surface area contributed by atoms with Crippen molar-refractivity contribution in [3.8, 4) is 0 Å². The summed E-state index contributed by atoms with van der Waals surface area (Å²) in [5, 5.41) is 23.0. The Balaban J connectivity index is 3.47. The van der Waals surface area contributed by atoms with E-state index in [1.807, 2.05) is 6.08 Å². The van der Waals surface area contributed by atoms with Gasteiger partial charge in [0.15, 0.2) is 0 Å². The predicted octanol–water partition coefficient (Wildman–Crippen LogP) is 16.6. The van der Waals surface area contributed by atoms with Gasteiger partial charge in [0.1, 0.15) is 0 Å². The zero-order chi connectivity index (χ0) is 45.8. The van der Waals surface area contributed by atoms with Crippen LogP contribution in [0.1, 0.15) is 277 Å². The minimum atomic E-state index is -0.850. The average molecular weight is 884 g/mol. The predicted molar refractivity (Wildman–Crippen MR) is 273 cm³/mol. The molecule has 0 saturated heterocycles. The lowest BCUT2D eigenvalue weighted by Crippen LogP contribution is -2.45. The van der Waals surface area contributed by atoms with Crippen LogP contribution < -0.4 is 5.32 Å². The molecule has 2 unspecified atom stereocenters. The molecule has 0 aromatic heterocycles. The fraction of sp³-hybridized carbons (Fsp3) is 0.825. The van der Waals surface area contributed by atoms with Crippen molar-refractivity contribution in [3.05, 3.63) is 48.6 Å². The Morgan fingerprint density at radius 2 is 0.794 bits per heavy atom. The van der Waals surface area contributed by atoms with Gasteiger partial charge in [-0.1, -0.05) is 223 Å². The second kappa shape index (κ2) is 52.4. The number of nitrogens with one attached hydrogen (secondary N) is 1. The first-order valence-electron chi connectivity index (χ1n) is 27.4. The van der Waals surface area contributed by atoms with E-state index in [1.165, 1.54) is 186 Å². The molecule has 0 fully saturated rings. The van der Waals surface area contributed by atoms with E-state index in [0.717, 1.165) is 64.2 Å². The maximum absolute atomic E-state index is 12.4. The molecule has 0 aliphatic heterocycles. The lowest BCUT2D eigenvalue weighted by molar-refractivity contribution is -0.143. The molecular formula is C57H105NO5. The molecule has 1 amide bonds. The van der Waals surface area contributed by atoms with Gasteiger partial charge in [-0.05, 0) is 89.9 Å². The smallest absolute Gasteiger partial charge is 0.305 e. The van der Waals surface area contributed by atoms with E-state index in [2.05, 4.69) is 55.6 Å².